The maximum absolute atomic E-state index is 13.2. The number of aromatic amines is 1. The fourth-order valence-electron chi connectivity index (χ4n) is 1.99. The molecule has 0 saturated carbocycles. The molecule has 84 valence electrons. The molecule has 3 aromatic rings. The van der Waals surface area contributed by atoms with Crippen LogP contribution in [0.5, 0.6) is 0 Å². The lowest BCUT2D eigenvalue weighted by atomic mass is 10.1. The summed E-state index contributed by atoms with van der Waals surface area (Å²) in [5.74, 6) is -0.209. The van der Waals surface area contributed by atoms with E-state index in [1.54, 1.807) is 18.3 Å². The molecule has 0 amide bonds. The summed E-state index contributed by atoms with van der Waals surface area (Å²) in [5.41, 5.74) is 3.01. The number of nitrogens with zero attached hydrogens (tertiary/aromatic N) is 1. The van der Waals surface area contributed by atoms with Gasteiger partial charge < -0.3 is 4.98 Å². The number of nitrogens with one attached hydrogen (secondary N) is 1. The van der Waals surface area contributed by atoms with E-state index in [1.165, 1.54) is 6.07 Å². The molecule has 0 unspecified atom stereocenters. The van der Waals surface area contributed by atoms with Gasteiger partial charge in [-0.2, -0.15) is 0 Å². The first-order valence-electron chi connectivity index (χ1n) is 5.48. The standard InChI is InChI=1S/C14H11FN2/c15-11-4-5-14-13(8-11)10(9-17-14)7-12-3-1-2-6-16-12/h1-6,8-9,17H,7H2. The van der Waals surface area contributed by atoms with Gasteiger partial charge in [0.15, 0.2) is 0 Å². The van der Waals surface area contributed by atoms with Gasteiger partial charge in [-0.05, 0) is 35.9 Å². The van der Waals surface area contributed by atoms with Gasteiger partial charge in [-0.15, -0.1) is 0 Å². The van der Waals surface area contributed by atoms with Crippen molar-refractivity contribution in [3.05, 3.63) is 65.9 Å². The van der Waals surface area contributed by atoms with Gasteiger partial charge in [0.05, 0.1) is 0 Å². The number of benzene rings is 1. The third-order valence-corrected chi connectivity index (χ3v) is 2.83. The monoisotopic (exact) mass is 226 g/mol. The van der Waals surface area contributed by atoms with Gasteiger partial charge in [0, 0.05) is 35.4 Å². The lowest BCUT2D eigenvalue weighted by Crippen LogP contribution is -1.89. The Morgan fingerprint density at radius 3 is 2.94 bits per heavy atom. The average molecular weight is 226 g/mol. The Kier molecular flexibility index (Phi) is 2.37. The number of hydrogen-bond acceptors (Lipinski definition) is 1. The number of halogens is 1. The van der Waals surface area contributed by atoms with Crippen molar-refractivity contribution in [3.8, 4) is 0 Å². The van der Waals surface area contributed by atoms with E-state index in [9.17, 15) is 4.39 Å². The maximum Gasteiger partial charge on any atom is 0.123 e. The van der Waals surface area contributed by atoms with Crippen LogP contribution in [0.4, 0.5) is 4.39 Å². The maximum atomic E-state index is 13.2. The highest BCUT2D eigenvalue weighted by molar-refractivity contribution is 5.83. The van der Waals surface area contributed by atoms with Crippen molar-refractivity contribution in [2.75, 3.05) is 0 Å². The molecule has 0 saturated heterocycles. The van der Waals surface area contributed by atoms with E-state index in [1.807, 2.05) is 24.4 Å². The molecule has 0 bridgehead atoms. The van der Waals surface area contributed by atoms with E-state index < -0.39 is 0 Å². The number of H-pyrrole nitrogens is 1. The lowest BCUT2D eigenvalue weighted by Gasteiger charge is -1.99. The third kappa shape index (κ3) is 1.91. The van der Waals surface area contributed by atoms with Crippen LogP contribution in [0.15, 0.2) is 48.8 Å². The second-order valence-electron chi connectivity index (χ2n) is 4.00. The van der Waals surface area contributed by atoms with Crippen LogP contribution in [0.3, 0.4) is 0 Å². The average Bonchev–Trinajstić information content (AvgIpc) is 2.73. The van der Waals surface area contributed by atoms with Crippen LogP contribution in [0, 0.1) is 5.82 Å². The van der Waals surface area contributed by atoms with Crippen LogP contribution in [0.1, 0.15) is 11.3 Å². The van der Waals surface area contributed by atoms with Gasteiger partial charge in [-0.25, -0.2) is 4.39 Å². The number of rotatable bonds is 2. The van der Waals surface area contributed by atoms with Gasteiger partial charge in [0.1, 0.15) is 5.82 Å². The van der Waals surface area contributed by atoms with Crippen LogP contribution in [0.2, 0.25) is 0 Å². The summed E-state index contributed by atoms with van der Waals surface area (Å²) in [6.07, 6.45) is 4.40. The van der Waals surface area contributed by atoms with Crippen molar-refractivity contribution in [3.63, 3.8) is 0 Å². The predicted octanol–water partition coefficient (Wildman–Crippen LogP) is 3.29. The Morgan fingerprint density at radius 1 is 1.18 bits per heavy atom. The molecule has 1 N–H and O–H groups in total. The first-order valence-corrected chi connectivity index (χ1v) is 5.48. The van der Waals surface area contributed by atoms with E-state index >= 15 is 0 Å². The second-order valence-corrected chi connectivity index (χ2v) is 4.00. The summed E-state index contributed by atoms with van der Waals surface area (Å²) in [7, 11) is 0. The molecule has 0 spiro atoms. The predicted molar refractivity (Wildman–Crippen MR) is 65.3 cm³/mol. The SMILES string of the molecule is Fc1ccc2[nH]cc(Cc3ccccn3)c2c1. The van der Waals surface area contributed by atoms with Crippen molar-refractivity contribution >= 4 is 10.9 Å². The summed E-state index contributed by atoms with van der Waals surface area (Å²) < 4.78 is 13.2. The quantitative estimate of drug-likeness (QED) is 0.713. The van der Waals surface area contributed by atoms with Crippen molar-refractivity contribution in [2.45, 2.75) is 6.42 Å². The van der Waals surface area contributed by atoms with E-state index in [2.05, 4.69) is 9.97 Å². The van der Waals surface area contributed by atoms with Gasteiger partial charge in [-0.1, -0.05) is 6.07 Å². The topological polar surface area (TPSA) is 28.7 Å². The van der Waals surface area contributed by atoms with Crippen LogP contribution >= 0.6 is 0 Å². The fourth-order valence-corrected chi connectivity index (χ4v) is 1.99. The van der Waals surface area contributed by atoms with Crippen LogP contribution in [-0.4, -0.2) is 9.97 Å². The summed E-state index contributed by atoms with van der Waals surface area (Å²) in [4.78, 5) is 7.42. The highest BCUT2D eigenvalue weighted by atomic mass is 19.1. The van der Waals surface area contributed by atoms with Gasteiger partial charge in [0.2, 0.25) is 0 Å². The molecule has 0 aliphatic carbocycles. The molecule has 17 heavy (non-hydrogen) atoms. The molecule has 0 aliphatic heterocycles. The molecule has 2 nitrogen and oxygen atoms in total. The van der Waals surface area contributed by atoms with E-state index in [-0.39, 0.29) is 5.82 Å². The van der Waals surface area contributed by atoms with Crippen LogP contribution in [-0.2, 0) is 6.42 Å². The molecule has 2 aromatic heterocycles. The van der Waals surface area contributed by atoms with Gasteiger partial charge in [-0.3, -0.25) is 4.98 Å². The van der Waals surface area contributed by atoms with Crippen LogP contribution < -0.4 is 0 Å². The number of fused-ring (bicyclic) bond motifs is 1. The largest absolute Gasteiger partial charge is 0.361 e. The Balaban J connectivity index is 2.03. The van der Waals surface area contributed by atoms with Crippen molar-refractivity contribution in [2.24, 2.45) is 0 Å². The molecule has 2 heterocycles. The molecule has 3 heteroatoms. The van der Waals surface area contributed by atoms with Gasteiger partial charge >= 0.3 is 0 Å². The zero-order chi connectivity index (χ0) is 11.7. The molecule has 0 radical (unpaired) electrons. The molecule has 3 rings (SSSR count). The summed E-state index contributed by atoms with van der Waals surface area (Å²) >= 11 is 0. The Morgan fingerprint density at radius 2 is 2.12 bits per heavy atom. The Hall–Kier alpha value is -2.16. The first-order chi connectivity index (χ1) is 8.33. The minimum absolute atomic E-state index is 0.209. The third-order valence-electron chi connectivity index (χ3n) is 2.83. The summed E-state index contributed by atoms with van der Waals surface area (Å²) in [6.45, 7) is 0. The number of aromatic nitrogens is 2. The summed E-state index contributed by atoms with van der Waals surface area (Å²) in [6, 6.07) is 10.6. The van der Waals surface area contributed by atoms with E-state index in [0.717, 1.165) is 22.2 Å². The van der Waals surface area contributed by atoms with Crippen molar-refractivity contribution in [1.29, 1.82) is 0 Å². The first kappa shape index (κ1) is 10.0. The Bertz CT molecular complexity index is 644. The number of pyridine rings is 1. The Labute approximate surface area is 98.1 Å². The molecule has 0 atom stereocenters. The van der Waals surface area contributed by atoms with Gasteiger partial charge in [0.25, 0.3) is 0 Å². The highest BCUT2D eigenvalue weighted by Gasteiger charge is 2.05. The fraction of sp³-hybridized carbons (Fsp3) is 0.0714. The minimum Gasteiger partial charge on any atom is -0.361 e. The molecular formula is C14H11FN2. The highest BCUT2D eigenvalue weighted by Crippen LogP contribution is 2.21. The minimum atomic E-state index is -0.209. The smallest absolute Gasteiger partial charge is 0.123 e. The molecular weight excluding hydrogens is 215 g/mol. The van der Waals surface area contributed by atoms with Crippen molar-refractivity contribution in [1.82, 2.24) is 9.97 Å². The lowest BCUT2D eigenvalue weighted by molar-refractivity contribution is 0.629. The molecule has 1 aromatic carbocycles. The molecule has 0 aliphatic rings. The van der Waals surface area contributed by atoms with Crippen molar-refractivity contribution < 1.29 is 4.39 Å². The zero-order valence-corrected chi connectivity index (χ0v) is 9.15. The number of hydrogen-bond donors (Lipinski definition) is 1. The zero-order valence-electron chi connectivity index (χ0n) is 9.15. The van der Waals surface area contributed by atoms with E-state index in [0.29, 0.717) is 6.42 Å². The van der Waals surface area contributed by atoms with E-state index in [4.69, 9.17) is 0 Å². The molecule has 0 fully saturated rings. The van der Waals surface area contributed by atoms with Crippen LogP contribution in [0.25, 0.3) is 10.9 Å². The second kappa shape index (κ2) is 4.01. The summed E-state index contributed by atoms with van der Waals surface area (Å²) in [5, 5.41) is 0.927. The normalized spacial score (nSPS) is 10.9.